The molecule has 222 valence electrons. The maximum absolute atomic E-state index is 10.4. The molecule has 0 aromatic heterocycles. The zero-order valence-corrected chi connectivity index (χ0v) is 20.7. The molecule has 42 heavy (non-hydrogen) atoms. The van der Waals surface area contributed by atoms with Gasteiger partial charge in [0.1, 0.15) is 0 Å². The lowest BCUT2D eigenvalue weighted by Gasteiger charge is -2.01. The summed E-state index contributed by atoms with van der Waals surface area (Å²) in [4.78, 5) is 55.5. The van der Waals surface area contributed by atoms with E-state index < -0.39 is 75.2 Å². The molecule has 3 aromatic rings. The van der Waals surface area contributed by atoms with E-state index in [1.165, 1.54) is 0 Å². The number of phenolic OH excluding ortho intramolecular Hbond substituents is 2. The Bertz CT molecular complexity index is 1400. The molecule has 3 aromatic carbocycles. The van der Waals surface area contributed by atoms with E-state index in [2.05, 4.69) is 0 Å². The zero-order chi connectivity index (χ0) is 32.3. The van der Waals surface area contributed by atoms with Gasteiger partial charge in [-0.3, -0.25) is 60.7 Å². The lowest BCUT2D eigenvalue weighted by Crippen LogP contribution is -2.04. The number of aromatic hydroxyl groups is 2. The van der Waals surface area contributed by atoms with Crippen LogP contribution in [0.1, 0.15) is 5.56 Å². The normalized spacial score (nSPS) is 9.74. The molecular formula is C20H18N8O14. The number of phenols is 2. The Morgan fingerprint density at radius 2 is 0.881 bits per heavy atom. The molecule has 0 aliphatic heterocycles. The third-order valence-corrected chi connectivity index (χ3v) is 4.79. The Labute approximate surface area is 230 Å². The minimum absolute atomic E-state index is 0.447. The van der Waals surface area contributed by atoms with E-state index >= 15 is 0 Å². The van der Waals surface area contributed by atoms with E-state index in [4.69, 9.17) is 21.7 Å². The zero-order valence-electron chi connectivity index (χ0n) is 20.7. The Hall–Kier alpha value is -6.58. The number of nitrogen functional groups attached to an aromatic ring is 1. The number of nitrogens with two attached hydrogens (primary N) is 2. The van der Waals surface area contributed by atoms with E-state index in [0.29, 0.717) is 30.8 Å². The highest BCUT2D eigenvalue weighted by atomic mass is 16.7. The maximum Gasteiger partial charge on any atom is 0.324 e. The largest absolute Gasteiger partial charge is 0.497 e. The van der Waals surface area contributed by atoms with Crippen molar-refractivity contribution in [3.05, 3.63) is 115 Å². The van der Waals surface area contributed by atoms with Gasteiger partial charge in [0.05, 0.1) is 53.8 Å². The molecule has 0 amide bonds. The second-order valence-corrected chi connectivity index (χ2v) is 7.45. The van der Waals surface area contributed by atoms with Crippen molar-refractivity contribution in [3.8, 4) is 11.5 Å². The quantitative estimate of drug-likeness (QED) is 0.165. The molecule has 0 bridgehead atoms. The molecule has 6 N–H and O–H groups in total. The average molecular weight is 594 g/mol. The SMILES string of the molecule is NCCc1ccccc1N.O=[N+]([O-])c1cc([N+](=O)[O-])c(O)c([N+](=O)[O-])c1.O=[N+]([O-])c1cc([N+](=O)[O-])c(O)c([N+](=O)[O-])c1. The first kappa shape index (κ1) is 33.4. The summed E-state index contributed by atoms with van der Waals surface area (Å²) in [6.07, 6.45) is 0.868. The third-order valence-electron chi connectivity index (χ3n) is 4.79. The van der Waals surface area contributed by atoms with E-state index in [9.17, 15) is 60.7 Å². The fraction of sp³-hybridized carbons (Fsp3) is 0.100. The van der Waals surface area contributed by atoms with Gasteiger partial charge in [-0.25, -0.2) is 0 Å². The van der Waals surface area contributed by atoms with Crippen LogP contribution in [0.2, 0.25) is 0 Å². The van der Waals surface area contributed by atoms with Crippen molar-refractivity contribution in [1.29, 1.82) is 0 Å². The number of para-hydroxylation sites is 1. The minimum atomic E-state index is -1.21. The standard InChI is InChI=1S/C8H12N2.2C6H3N3O7/c9-6-5-7-3-1-2-4-8(7)10;2*10-6-4(8(13)14)1-3(7(11)12)2-5(6)9(15)16/h1-4H,5-6,9-10H2;2*1-2,10H. The molecule has 0 unspecified atom stereocenters. The van der Waals surface area contributed by atoms with Gasteiger partial charge in [-0.1, -0.05) is 18.2 Å². The summed E-state index contributed by atoms with van der Waals surface area (Å²) in [5.41, 5.74) is 7.01. The molecule has 0 aliphatic carbocycles. The van der Waals surface area contributed by atoms with Crippen LogP contribution >= 0.6 is 0 Å². The molecule has 0 fully saturated rings. The Morgan fingerprint density at radius 3 is 1.12 bits per heavy atom. The van der Waals surface area contributed by atoms with Gasteiger partial charge >= 0.3 is 22.7 Å². The first-order chi connectivity index (χ1) is 19.5. The van der Waals surface area contributed by atoms with Gasteiger partial charge in [0.25, 0.3) is 22.9 Å². The summed E-state index contributed by atoms with van der Waals surface area (Å²) in [7, 11) is 0. The number of nitrogens with zero attached hydrogens (tertiary/aromatic N) is 6. The van der Waals surface area contributed by atoms with E-state index in [0.717, 1.165) is 17.7 Å². The van der Waals surface area contributed by atoms with Crippen LogP contribution in [0.25, 0.3) is 0 Å². The molecule has 3 rings (SSSR count). The summed E-state index contributed by atoms with van der Waals surface area (Å²) in [6, 6.07) is 9.58. The van der Waals surface area contributed by atoms with Crippen molar-refractivity contribution in [2.75, 3.05) is 12.3 Å². The summed E-state index contributed by atoms with van der Waals surface area (Å²) in [6.45, 7) is 0.661. The number of hydrogen-bond donors (Lipinski definition) is 4. The molecule has 0 saturated heterocycles. The predicted molar refractivity (Wildman–Crippen MR) is 140 cm³/mol. The number of nitro groups is 6. The van der Waals surface area contributed by atoms with Crippen LogP contribution in [0.15, 0.2) is 48.5 Å². The van der Waals surface area contributed by atoms with Crippen LogP contribution in [0.4, 0.5) is 39.8 Å². The van der Waals surface area contributed by atoms with Crippen molar-refractivity contribution < 1.29 is 39.8 Å². The minimum Gasteiger partial charge on any atom is -0.497 e. The monoisotopic (exact) mass is 594 g/mol. The number of hydrogen-bond acceptors (Lipinski definition) is 16. The van der Waals surface area contributed by atoms with E-state index in [1.807, 2.05) is 24.3 Å². The van der Waals surface area contributed by atoms with Crippen LogP contribution in [0.5, 0.6) is 11.5 Å². The number of non-ortho nitro benzene ring substituents is 2. The summed E-state index contributed by atoms with van der Waals surface area (Å²) < 4.78 is 0. The molecule has 0 atom stereocenters. The van der Waals surface area contributed by atoms with Crippen LogP contribution in [-0.2, 0) is 6.42 Å². The van der Waals surface area contributed by atoms with Crippen molar-refractivity contribution >= 4 is 39.8 Å². The first-order valence-electron chi connectivity index (χ1n) is 10.7. The highest BCUT2D eigenvalue weighted by Gasteiger charge is 2.31. The van der Waals surface area contributed by atoms with Gasteiger partial charge in [0.2, 0.25) is 0 Å². The van der Waals surface area contributed by atoms with Gasteiger partial charge in [0.15, 0.2) is 0 Å². The smallest absolute Gasteiger partial charge is 0.324 e. The van der Waals surface area contributed by atoms with Crippen LogP contribution in [0.3, 0.4) is 0 Å². The Kier molecular flexibility index (Phi) is 11.6. The molecule has 0 aliphatic rings. The molecule has 0 radical (unpaired) electrons. The first-order valence-corrected chi connectivity index (χ1v) is 10.7. The summed E-state index contributed by atoms with van der Waals surface area (Å²) in [5.74, 6) is -2.42. The number of nitro benzene ring substituents is 6. The summed E-state index contributed by atoms with van der Waals surface area (Å²) >= 11 is 0. The lowest BCUT2D eigenvalue weighted by molar-refractivity contribution is -0.404. The highest BCUT2D eigenvalue weighted by molar-refractivity contribution is 5.65. The van der Waals surface area contributed by atoms with E-state index in [1.54, 1.807) is 0 Å². The molecule has 22 nitrogen and oxygen atoms in total. The summed E-state index contributed by atoms with van der Waals surface area (Å²) in [5, 5.41) is 80.4. The van der Waals surface area contributed by atoms with Crippen molar-refractivity contribution in [2.45, 2.75) is 6.42 Å². The second-order valence-electron chi connectivity index (χ2n) is 7.45. The van der Waals surface area contributed by atoms with Gasteiger partial charge in [-0.15, -0.1) is 0 Å². The Balaban J connectivity index is 0.000000324. The van der Waals surface area contributed by atoms with Crippen molar-refractivity contribution in [2.24, 2.45) is 5.73 Å². The van der Waals surface area contributed by atoms with Crippen molar-refractivity contribution in [1.82, 2.24) is 0 Å². The second kappa shape index (κ2) is 14.5. The molecule has 0 spiro atoms. The van der Waals surface area contributed by atoms with E-state index in [-0.39, 0.29) is 0 Å². The van der Waals surface area contributed by atoms with Crippen LogP contribution in [-0.4, -0.2) is 46.3 Å². The fourth-order valence-corrected chi connectivity index (χ4v) is 2.86. The average Bonchev–Trinajstić information content (AvgIpc) is 2.90. The molecule has 22 heteroatoms. The number of benzene rings is 3. The predicted octanol–water partition coefficient (Wildman–Crippen LogP) is 3.00. The fourth-order valence-electron chi connectivity index (χ4n) is 2.86. The third kappa shape index (κ3) is 8.73. The molecular weight excluding hydrogens is 576 g/mol. The molecule has 0 saturated carbocycles. The van der Waals surface area contributed by atoms with Gasteiger partial charge < -0.3 is 21.7 Å². The topological polar surface area (TPSA) is 351 Å². The van der Waals surface area contributed by atoms with Gasteiger partial charge in [-0.05, 0) is 24.6 Å². The van der Waals surface area contributed by atoms with Gasteiger partial charge in [-0.2, -0.15) is 0 Å². The number of anilines is 1. The molecule has 0 heterocycles. The number of rotatable bonds is 8. The maximum atomic E-state index is 10.4. The van der Waals surface area contributed by atoms with Crippen LogP contribution < -0.4 is 11.5 Å². The van der Waals surface area contributed by atoms with Gasteiger partial charge in [0, 0.05) is 5.69 Å². The Morgan fingerprint density at radius 1 is 0.571 bits per heavy atom. The van der Waals surface area contributed by atoms with Crippen LogP contribution in [0, 0.1) is 60.7 Å². The highest BCUT2D eigenvalue weighted by Crippen LogP contribution is 2.40. The van der Waals surface area contributed by atoms with Crippen molar-refractivity contribution in [3.63, 3.8) is 0 Å². The lowest BCUT2D eigenvalue weighted by atomic mass is 10.1.